The Morgan fingerprint density at radius 2 is 2.09 bits per heavy atom. The standard InChI is InChI=1S/C15H23F3N4.ClH/c16-15(17,18)14-7-13(20-21-14)12-4-2-6-22(10-12)9-11-3-1-5-19-8-11;/h7,11-12,19H,1-6,8-10H2,(H,20,21);1H. The molecule has 23 heavy (non-hydrogen) atoms. The van der Waals surface area contributed by atoms with Crippen LogP contribution < -0.4 is 5.32 Å². The van der Waals surface area contributed by atoms with Crippen LogP contribution in [-0.2, 0) is 6.18 Å². The van der Waals surface area contributed by atoms with Gasteiger partial charge in [-0.2, -0.15) is 18.3 Å². The quantitative estimate of drug-likeness (QED) is 0.878. The Hall–Kier alpha value is -0.790. The van der Waals surface area contributed by atoms with Crippen LogP contribution in [0.2, 0.25) is 0 Å². The number of aromatic amines is 1. The molecule has 2 aliphatic rings. The van der Waals surface area contributed by atoms with E-state index in [-0.39, 0.29) is 18.3 Å². The smallest absolute Gasteiger partial charge is 0.316 e. The fourth-order valence-electron chi connectivity index (χ4n) is 3.61. The van der Waals surface area contributed by atoms with Crippen LogP contribution in [-0.4, -0.2) is 47.8 Å². The monoisotopic (exact) mass is 352 g/mol. The molecule has 2 fully saturated rings. The summed E-state index contributed by atoms with van der Waals surface area (Å²) < 4.78 is 38.0. The van der Waals surface area contributed by atoms with E-state index in [1.54, 1.807) is 0 Å². The molecule has 3 rings (SSSR count). The van der Waals surface area contributed by atoms with E-state index in [1.165, 1.54) is 18.9 Å². The zero-order valence-corrected chi connectivity index (χ0v) is 13.8. The van der Waals surface area contributed by atoms with Crippen molar-refractivity contribution in [2.75, 3.05) is 32.7 Å². The molecule has 0 radical (unpaired) electrons. The Morgan fingerprint density at radius 3 is 2.74 bits per heavy atom. The zero-order valence-electron chi connectivity index (χ0n) is 13.0. The number of piperidine rings is 2. The number of hydrogen-bond acceptors (Lipinski definition) is 3. The molecule has 0 aromatic carbocycles. The highest BCUT2D eigenvalue weighted by Crippen LogP contribution is 2.32. The average Bonchev–Trinajstić information content (AvgIpc) is 2.99. The second-order valence-corrected chi connectivity index (χ2v) is 6.52. The predicted octanol–water partition coefficient (Wildman–Crippen LogP) is 3.03. The highest BCUT2D eigenvalue weighted by molar-refractivity contribution is 5.85. The van der Waals surface area contributed by atoms with Gasteiger partial charge in [0.05, 0.1) is 0 Å². The van der Waals surface area contributed by atoms with Crippen LogP contribution in [0, 0.1) is 5.92 Å². The minimum atomic E-state index is -4.36. The van der Waals surface area contributed by atoms with Crippen molar-refractivity contribution in [2.45, 2.75) is 37.8 Å². The van der Waals surface area contributed by atoms with Gasteiger partial charge in [-0.05, 0) is 57.3 Å². The first-order chi connectivity index (χ1) is 10.5. The Morgan fingerprint density at radius 1 is 1.26 bits per heavy atom. The Kier molecular flexibility index (Phi) is 6.33. The van der Waals surface area contributed by atoms with Gasteiger partial charge in [0, 0.05) is 24.7 Å². The van der Waals surface area contributed by atoms with Gasteiger partial charge in [0.15, 0.2) is 5.69 Å². The van der Waals surface area contributed by atoms with Gasteiger partial charge in [-0.15, -0.1) is 12.4 Å². The molecule has 1 aromatic rings. The Balaban J connectivity index is 0.00000192. The van der Waals surface area contributed by atoms with Crippen molar-refractivity contribution in [3.05, 3.63) is 17.5 Å². The number of halogens is 4. The van der Waals surface area contributed by atoms with Crippen LogP contribution in [0.25, 0.3) is 0 Å². The van der Waals surface area contributed by atoms with Gasteiger partial charge < -0.3 is 10.2 Å². The topological polar surface area (TPSA) is 44.0 Å². The molecule has 3 heterocycles. The van der Waals surface area contributed by atoms with Gasteiger partial charge in [0.1, 0.15) is 0 Å². The molecule has 0 saturated carbocycles. The number of aromatic nitrogens is 2. The van der Waals surface area contributed by atoms with Crippen LogP contribution in [0.4, 0.5) is 13.2 Å². The van der Waals surface area contributed by atoms with Crippen LogP contribution in [0.5, 0.6) is 0 Å². The average molecular weight is 353 g/mol. The van der Waals surface area contributed by atoms with Crippen LogP contribution >= 0.6 is 12.4 Å². The molecule has 2 unspecified atom stereocenters. The lowest BCUT2D eigenvalue weighted by atomic mass is 9.92. The van der Waals surface area contributed by atoms with Crippen molar-refractivity contribution >= 4 is 12.4 Å². The van der Waals surface area contributed by atoms with E-state index in [0.717, 1.165) is 45.6 Å². The molecule has 2 saturated heterocycles. The van der Waals surface area contributed by atoms with Gasteiger partial charge in [0.2, 0.25) is 0 Å². The summed E-state index contributed by atoms with van der Waals surface area (Å²) in [4.78, 5) is 2.40. The van der Waals surface area contributed by atoms with Gasteiger partial charge in [-0.1, -0.05) is 0 Å². The lowest BCUT2D eigenvalue weighted by Gasteiger charge is -2.35. The molecule has 8 heteroatoms. The molecule has 0 amide bonds. The number of likely N-dealkylation sites (tertiary alicyclic amines) is 1. The molecule has 2 N–H and O–H groups in total. The summed E-state index contributed by atoms with van der Waals surface area (Å²) in [5.41, 5.74) is -0.185. The molecule has 1 aromatic heterocycles. The molecular formula is C15H24ClF3N4. The minimum Gasteiger partial charge on any atom is -0.316 e. The van der Waals surface area contributed by atoms with Crippen LogP contribution in [0.1, 0.15) is 43.0 Å². The molecule has 2 aliphatic heterocycles. The summed E-state index contributed by atoms with van der Waals surface area (Å²) in [6.45, 7) is 5.09. The molecular weight excluding hydrogens is 329 g/mol. The van der Waals surface area contributed by atoms with Crippen molar-refractivity contribution < 1.29 is 13.2 Å². The van der Waals surface area contributed by atoms with Crippen molar-refractivity contribution in [2.24, 2.45) is 5.92 Å². The highest BCUT2D eigenvalue weighted by atomic mass is 35.5. The third-order valence-corrected chi connectivity index (χ3v) is 4.75. The van der Waals surface area contributed by atoms with E-state index in [4.69, 9.17) is 0 Å². The molecule has 0 aliphatic carbocycles. The summed E-state index contributed by atoms with van der Waals surface area (Å²) >= 11 is 0. The minimum absolute atomic E-state index is 0. The summed E-state index contributed by atoms with van der Waals surface area (Å²) in [5, 5.41) is 9.44. The number of nitrogens with one attached hydrogen (secondary N) is 2. The molecule has 0 spiro atoms. The van der Waals surface area contributed by atoms with Crippen molar-refractivity contribution in [1.82, 2.24) is 20.4 Å². The second-order valence-electron chi connectivity index (χ2n) is 6.52. The molecule has 4 nitrogen and oxygen atoms in total. The normalized spacial score (nSPS) is 26.7. The van der Waals surface area contributed by atoms with Crippen molar-refractivity contribution in [3.8, 4) is 0 Å². The van der Waals surface area contributed by atoms with E-state index in [1.807, 2.05) is 0 Å². The maximum absolute atomic E-state index is 12.7. The van der Waals surface area contributed by atoms with E-state index in [9.17, 15) is 13.2 Å². The highest BCUT2D eigenvalue weighted by Gasteiger charge is 2.35. The molecule has 2 atom stereocenters. The third kappa shape index (κ3) is 4.84. The lowest BCUT2D eigenvalue weighted by molar-refractivity contribution is -0.141. The van der Waals surface area contributed by atoms with Crippen LogP contribution in [0.3, 0.4) is 0 Å². The van der Waals surface area contributed by atoms with E-state index >= 15 is 0 Å². The van der Waals surface area contributed by atoms with Crippen molar-refractivity contribution in [1.29, 1.82) is 0 Å². The summed E-state index contributed by atoms with van der Waals surface area (Å²) in [6, 6.07) is 1.18. The largest absolute Gasteiger partial charge is 0.435 e. The first kappa shape index (κ1) is 18.5. The SMILES string of the molecule is Cl.FC(F)(F)c1cc(C2CCCN(CC3CCCNC3)C2)[nH]n1. The van der Waals surface area contributed by atoms with Gasteiger partial charge in [-0.3, -0.25) is 5.10 Å². The summed E-state index contributed by atoms with van der Waals surface area (Å²) in [7, 11) is 0. The fraction of sp³-hybridized carbons (Fsp3) is 0.800. The van der Waals surface area contributed by atoms with E-state index < -0.39 is 11.9 Å². The van der Waals surface area contributed by atoms with Gasteiger partial charge in [-0.25, -0.2) is 0 Å². The van der Waals surface area contributed by atoms with E-state index in [2.05, 4.69) is 20.4 Å². The summed E-state index contributed by atoms with van der Waals surface area (Å²) in [6.07, 6.45) is 0.0643. The lowest BCUT2D eigenvalue weighted by Crippen LogP contribution is -2.42. The zero-order chi connectivity index (χ0) is 15.6. The predicted molar refractivity (Wildman–Crippen MR) is 84.8 cm³/mol. The van der Waals surface area contributed by atoms with Gasteiger partial charge in [0.25, 0.3) is 0 Å². The number of H-pyrrole nitrogens is 1. The first-order valence-electron chi connectivity index (χ1n) is 8.08. The van der Waals surface area contributed by atoms with E-state index in [0.29, 0.717) is 11.6 Å². The third-order valence-electron chi connectivity index (χ3n) is 4.75. The Labute approximate surface area is 140 Å². The fourth-order valence-corrected chi connectivity index (χ4v) is 3.61. The molecule has 0 bridgehead atoms. The Bertz CT molecular complexity index is 485. The maximum atomic E-state index is 12.7. The number of hydrogen-bond donors (Lipinski definition) is 2. The summed E-state index contributed by atoms with van der Waals surface area (Å²) in [5.74, 6) is 0.800. The van der Waals surface area contributed by atoms with Gasteiger partial charge >= 0.3 is 6.18 Å². The number of nitrogens with zero attached hydrogens (tertiary/aromatic N) is 2. The van der Waals surface area contributed by atoms with Crippen molar-refractivity contribution in [3.63, 3.8) is 0 Å². The molecule has 132 valence electrons. The van der Waals surface area contributed by atoms with Crippen LogP contribution in [0.15, 0.2) is 6.07 Å². The maximum Gasteiger partial charge on any atom is 0.435 e. The number of alkyl halides is 3. The second kappa shape index (κ2) is 7.85. The first-order valence-corrected chi connectivity index (χ1v) is 8.08. The number of rotatable bonds is 3.